The smallest absolute Gasteiger partial charge is 0.0463 e. The van der Waals surface area contributed by atoms with E-state index in [0.717, 1.165) is 23.5 Å². The van der Waals surface area contributed by atoms with Crippen LogP contribution in [-0.4, -0.2) is 6.04 Å². The van der Waals surface area contributed by atoms with Gasteiger partial charge in [-0.3, -0.25) is 0 Å². The van der Waals surface area contributed by atoms with Crippen molar-refractivity contribution in [3.8, 4) is 55.6 Å². The van der Waals surface area contributed by atoms with E-state index in [1.165, 1.54) is 113 Å². The lowest BCUT2D eigenvalue weighted by molar-refractivity contribution is 0.246. The molecule has 0 saturated heterocycles. The Morgan fingerprint density at radius 3 is 1.45 bits per heavy atom. The Morgan fingerprint density at radius 2 is 0.842 bits per heavy atom. The van der Waals surface area contributed by atoms with Gasteiger partial charge in [0.15, 0.2) is 0 Å². The second-order valence-electron chi connectivity index (χ2n) is 21.1. The molecule has 364 valence electrons. The number of hydrogen-bond acceptors (Lipinski definition) is 2. The van der Waals surface area contributed by atoms with Crippen molar-refractivity contribution >= 4 is 50.0 Å². The molecular weight excluding hydrogens is 917 g/mol. The third-order valence-electron chi connectivity index (χ3n) is 16.8. The number of anilines is 5. The molecule has 3 aliphatic rings. The zero-order chi connectivity index (χ0) is 50.4. The van der Waals surface area contributed by atoms with Crippen LogP contribution in [-0.2, 0) is 0 Å². The van der Waals surface area contributed by atoms with Crippen LogP contribution in [0.4, 0.5) is 28.4 Å². The maximum Gasteiger partial charge on any atom is 0.0463 e. The van der Waals surface area contributed by atoms with E-state index in [-0.39, 0.29) is 0 Å². The highest BCUT2D eigenvalue weighted by Gasteiger charge is 2.44. The first-order chi connectivity index (χ1) is 37.7. The summed E-state index contributed by atoms with van der Waals surface area (Å²) >= 11 is 0. The minimum Gasteiger partial charge on any atom is -0.338 e. The number of para-hydroxylation sites is 1. The zero-order valence-electron chi connectivity index (χ0n) is 42.6. The first kappa shape index (κ1) is 45.6. The monoisotopic (exact) mass is 974 g/mol. The SMILES string of the molecule is C1=CCC(C2CC[C@@H]3C(C2)c2cc(-c4ccccc4)ccc2N3c2ccc(N(c3ccccc3)c3ccc(-c4ccc(-c5c6ccccc6c(-c6cccc(-c7ccccc7)c6)c6ccccc56)cc4)cc3)cc2)C=C1. The highest BCUT2D eigenvalue weighted by Crippen LogP contribution is 2.55. The first-order valence-corrected chi connectivity index (χ1v) is 27.3. The van der Waals surface area contributed by atoms with Gasteiger partial charge in [-0.05, 0) is 187 Å². The molecule has 1 heterocycles. The van der Waals surface area contributed by atoms with Crippen molar-refractivity contribution in [2.45, 2.75) is 37.6 Å². The minimum absolute atomic E-state index is 0.436. The van der Waals surface area contributed by atoms with Crippen LogP contribution >= 0.6 is 0 Å². The Kier molecular flexibility index (Phi) is 11.8. The fraction of sp³-hybridized carbons (Fsp3) is 0.108. The average molecular weight is 975 g/mol. The molecule has 2 aliphatic carbocycles. The predicted molar refractivity (Wildman–Crippen MR) is 322 cm³/mol. The normalized spacial score (nSPS) is 17.7. The molecule has 14 rings (SSSR count). The second kappa shape index (κ2) is 19.7. The van der Waals surface area contributed by atoms with Gasteiger partial charge in [-0.2, -0.15) is 0 Å². The van der Waals surface area contributed by atoms with Crippen molar-refractivity contribution in [2.24, 2.45) is 11.8 Å². The molecule has 0 aromatic heterocycles. The second-order valence-corrected chi connectivity index (χ2v) is 21.1. The van der Waals surface area contributed by atoms with Crippen molar-refractivity contribution in [1.82, 2.24) is 0 Å². The van der Waals surface area contributed by atoms with Crippen molar-refractivity contribution in [1.29, 1.82) is 0 Å². The average Bonchev–Trinajstić information content (AvgIpc) is 3.90. The van der Waals surface area contributed by atoms with Gasteiger partial charge in [-0.1, -0.05) is 212 Å². The van der Waals surface area contributed by atoms with Crippen LogP contribution < -0.4 is 9.80 Å². The number of hydrogen-bond donors (Lipinski definition) is 0. The van der Waals surface area contributed by atoms with Crippen LogP contribution in [0.2, 0.25) is 0 Å². The lowest BCUT2D eigenvalue weighted by Gasteiger charge is -2.39. The van der Waals surface area contributed by atoms with Gasteiger partial charge in [-0.15, -0.1) is 0 Å². The van der Waals surface area contributed by atoms with Gasteiger partial charge < -0.3 is 9.80 Å². The minimum atomic E-state index is 0.436. The summed E-state index contributed by atoms with van der Waals surface area (Å²) in [4.78, 5) is 5.07. The van der Waals surface area contributed by atoms with Gasteiger partial charge in [0.25, 0.3) is 0 Å². The van der Waals surface area contributed by atoms with Crippen LogP contribution in [0.15, 0.2) is 279 Å². The van der Waals surface area contributed by atoms with Crippen LogP contribution in [0.5, 0.6) is 0 Å². The quantitative estimate of drug-likeness (QED) is 0.126. The largest absolute Gasteiger partial charge is 0.338 e. The van der Waals surface area contributed by atoms with E-state index in [2.05, 4.69) is 289 Å². The maximum atomic E-state index is 2.68. The summed E-state index contributed by atoms with van der Waals surface area (Å²) in [6, 6.07) is 94.7. The predicted octanol–water partition coefficient (Wildman–Crippen LogP) is 20.3. The van der Waals surface area contributed by atoms with E-state index in [1.54, 1.807) is 0 Å². The summed E-state index contributed by atoms with van der Waals surface area (Å²) < 4.78 is 0. The highest BCUT2D eigenvalue weighted by molar-refractivity contribution is 6.21. The van der Waals surface area contributed by atoms with Crippen molar-refractivity contribution in [2.75, 3.05) is 9.80 Å². The third-order valence-corrected chi connectivity index (χ3v) is 16.8. The van der Waals surface area contributed by atoms with E-state index >= 15 is 0 Å². The molecule has 1 aliphatic heterocycles. The molecule has 76 heavy (non-hydrogen) atoms. The Hall–Kier alpha value is -8.98. The summed E-state index contributed by atoms with van der Waals surface area (Å²) in [5.74, 6) is 1.82. The molecule has 0 N–H and O–H groups in total. The number of allylic oxidation sites excluding steroid dienone is 4. The van der Waals surface area contributed by atoms with Gasteiger partial charge >= 0.3 is 0 Å². The van der Waals surface area contributed by atoms with E-state index in [9.17, 15) is 0 Å². The van der Waals surface area contributed by atoms with Crippen LogP contribution in [0, 0.1) is 11.8 Å². The summed E-state index contributed by atoms with van der Waals surface area (Å²) in [5.41, 5.74) is 19.9. The number of rotatable bonds is 10. The van der Waals surface area contributed by atoms with Crippen LogP contribution in [0.1, 0.15) is 37.2 Å². The Labute approximate surface area is 447 Å². The summed E-state index contributed by atoms with van der Waals surface area (Å²) in [5, 5.41) is 5.03. The number of nitrogens with zero attached hydrogens (tertiary/aromatic N) is 2. The van der Waals surface area contributed by atoms with Gasteiger partial charge in [0.05, 0.1) is 0 Å². The number of fused-ring (bicyclic) bond motifs is 5. The topological polar surface area (TPSA) is 6.48 Å². The van der Waals surface area contributed by atoms with E-state index < -0.39 is 0 Å². The molecule has 2 nitrogen and oxygen atoms in total. The molecule has 1 fully saturated rings. The van der Waals surface area contributed by atoms with Crippen molar-refractivity contribution in [3.05, 3.63) is 285 Å². The number of benzene rings is 11. The fourth-order valence-corrected chi connectivity index (χ4v) is 13.2. The summed E-state index contributed by atoms with van der Waals surface area (Å²) in [7, 11) is 0. The van der Waals surface area contributed by atoms with Crippen molar-refractivity contribution < 1.29 is 0 Å². The zero-order valence-corrected chi connectivity index (χ0v) is 42.6. The molecule has 1 saturated carbocycles. The molecule has 11 aromatic rings. The molecule has 0 amide bonds. The van der Waals surface area contributed by atoms with Crippen molar-refractivity contribution in [3.63, 3.8) is 0 Å². The molecule has 11 aromatic carbocycles. The molecule has 0 bridgehead atoms. The van der Waals surface area contributed by atoms with Gasteiger partial charge in [0, 0.05) is 40.4 Å². The lowest BCUT2D eigenvalue weighted by Crippen LogP contribution is -2.36. The third kappa shape index (κ3) is 8.32. The van der Waals surface area contributed by atoms with E-state index in [0.29, 0.717) is 23.8 Å². The van der Waals surface area contributed by atoms with Gasteiger partial charge in [0.2, 0.25) is 0 Å². The molecule has 3 unspecified atom stereocenters. The standard InChI is InChI=1S/C74H58N2/c1-5-18-51(19-6-1)57-24-17-25-60(48-57)74-67-30-15-13-28-65(67)73(66-29-14-16-31-68(66)74)56-34-32-54(33-35-56)55-36-40-62(41-37-55)75(61-26-11-4-12-27-61)63-42-44-64(45-43-63)76-71-46-38-58(52-20-7-2-8-21-52)49-69(71)70-50-59(39-47-72(70)76)53-22-9-3-10-23-53/h1-22,24-38,40-46,48-49,53,59,70,72H,23,39,47,50H2/t53?,59?,70?,72-/m1/s1. The van der Waals surface area contributed by atoms with Gasteiger partial charge in [-0.25, -0.2) is 0 Å². The van der Waals surface area contributed by atoms with Crippen LogP contribution in [0.25, 0.3) is 77.2 Å². The van der Waals surface area contributed by atoms with Crippen LogP contribution in [0.3, 0.4) is 0 Å². The van der Waals surface area contributed by atoms with E-state index in [1.807, 2.05) is 0 Å². The molecule has 2 heteroatoms. The Morgan fingerprint density at radius 1 is 0.368 bits per heavy atom. The summed E-state index contributed by atoms with van der Waals surface area (Å²) in [6.45, 7) is 0. The fourth-order valence-electron chi connectivity index (χ4n) is 13.2. The molecule has 0 radical (unpaired) electrons. The Balaban J connectivity index is 0.767. The maximum absolute atomic E-state index is 2.68. The summed E-state index contributed by atoms with van der Waals surface area (Å²) in [6.07, 6.45) is 14.2. The van der Waals surface area contributed by atoms with Gasteiger partial charge in [0.1, 0.15) is 0 Å². The molecular formula is C74H58N2. The first-order valence-electron chi connectivity index (χ1n) is 27.3. The molecule has 0 spiro atoms. The lowest BCUT2D eigenvalue weighted by atomic mass is 9.70. The van der Waals surface area contributed by atoms with E-state index in [4.69, 9.17) is 0 Å². The molecule has 4 atom stereocenters. The Bertz CT molecular complexity index is 3880. The highest BCUT2D eigenvalue weighted by atomic mass is 15.2.